The van der Waals surface area contributed by atoms with Gasteiger partial charge >= 0.3 is 6.03 Å². The lowest BCUT2D eigenvalue weighted by Gasteiger charge is -2.32. The Morgan fingerprint density at radius 1 is 1.00 bits per heavy atom. The summed E-state index contributed by atoms with van der Waals surface area (Å²) in [5, 5.41) is 8.41. The predicted molar refractivity (Wildman–Crippen MR) is 142 cm³/mol. The van der Waals surface area contributed by atoms with E-state index in [2.05, 4.69) is 78.5 Å². The van der Waals surface area contributed by atoms with Crippen LogP contribution in [0.25, 0.3) is 11.5 Å². The van der Waals surface area contributed by atoms with Crippen molar-refractivity contribution in [3.63, 3.8) is 0 Å². The van der Waals surface area contributed by atoms with E-state index in [9.17, 15) is 4.79 Å². The minimum absolute atomic E-state index is 0.00240. The average molecular weight is 480 g/mol. The second-order valence-corrected chi connectivity index (χ2v) is 10.0. The maximum Gasteiger partial charge on any atom is 0.318 e. The molecule has 1 aliphatic carbocycles. The van der Waals surface area contributed by atoms with Crippen molar-refractivity contribution in [1.29, 1.82) is 0 Å². The van der Waals surface area contributed by atoms with Crippen LogP contribution in [0.2, 0.25) is 0 Å². The Labute approximate surface area is 212 Å². The number of aryl methyl sites for hydroxylation is 2. The lowest BCUT2D eigenvalue weighted by Crippen LogP contribution is -2.45. The topological polar surface area (TPSA) is 55.1 Å². The second-order valence-electron chi connectivity index (χ2n) is 10.0. The molecule has 2 aromatic carbocycles. The molecule has 1 unspecified atom stereocenters. The van der Waals surface area contributed by atoms with Gasteiger partial charge in [0.2, 0.25) is 0 Å². The number of para-hydroxylation sites is 1. The lowest BCUT2D eigenvalue weighted by atomic mass is 10.0. The van der Waals surface area contributed by atoms with Crippen LogP contribution in [-0.4, -0.2) is 31.3 Å². The largest absolute Gasteiger partial charge is 0.335 e. The fourth-order valence-electron chi connectivity index (χ4n) is 5.78. The van der Waals surface area contributed by atoms with Crippen molar-refractivity contribution in [2.75, 3.05) is 0 Å². The normalized spacial score (nSPS) is 17.5. The third-order valence-electron chi connectivity index (χ3n) is 7.64. The van der Waals surface area contributed by atoms with Crippen molar-refractivity contribution in [3.8, 4) is 11.5 Å². The molecule has 2 aliphatic rings. The van der Waals surface area contributed by atoms with Crippen molar-refractivity contribution in [1.82, 2.24) is 24.6 Å². The highest BCUT2D eigenvalue weighted by Crippen LogP contribution is 2.39. The Morgan fingerprint density at radius 3 is 2.47 bits per heavy atom. The summed E-state index contributed by atoms with van der Waals surface area (Å²) < 4.78 is 4.28. The van der Waals surface area contributed by atoms with Crippen molar-refractivity contribution < 1.29 is 4.79 Å². The van der Waals surface area contributed by atoms with Crippen molar-refractivity contribution >= 4 is 6.03 Å². The smallest absolute Gasteiger partial charge is 0.318 e. The Hall–Kier alpha value is -3.80. The molecule has 36 heavy (non-hydrogen) atoms. The fourth-order valence-corrected chi connectivity index (χ4v) is 5.78. The van der Waals surface area contributed by atoms with Gasteiger partial charge in [0.15, 0.2) is 0 Å². The molecule has 1 fully saturated rings. The van der Waals surface area contributed by atoms with Crippen LogP contribution in [0.1, 0.15) is 66.7 Å². The third kappa shape index (κ3) is 3.91. The molecule has 1 atom stereocenters. The van der Waals surface area contributed by atoms with Gasteiger partial charge in [0.05, 0.1) is 29.7 Å². The van der Waals surface area contributed by atoms with Gasteiger partial charge in [-0.15, -0.1) is 0 Å². The van der Waals surface area contributed by atoms with Gasteiger partial charge in [0.25, 0.3) is 0 Å². The molecule has 0 radical (unpaired) electrons. The van der Waals surface area contributed by atoms with Crippen LogP contribution in [0.15, 0.2) is 72.9 Å². The number of nitrogens with one attached hydrogen (secondary N) is 1. The van der Waals surface area contributed by atoms with Gasteiger partial charge in [-0.05, 0) is 56.0 Å². The highest BCUT2D eigenvalue weighted by atomic mass is 16.2. The molecular formula is C30H33N5O. The van der Waals surface area contributed by atoms with Gasteiger partial charge in [-0.1, -0.05) is 67.8 Å². The molecule has 0 spiro atoms. The highest BCUT2D eigenvalue weighted by molar-refractivity contribution is 5.76. The Balaban J connectivity index is 1.54. The second kappa shape index (κ2) is 9.34. The van der Waals surface area contributed by atoms with Crippen molar-refractivity contribution in [2.45, 2.75) is 64.6 Å². The summed E-state index contributed by atoms with van der Waals surface area (Å²) in [7, 11) is 0. The third-order valence-corrected chi connectivity index (χ3v) is 7.64. The predicted octanol–water partition coefficient (Wildman–Crippen LogP) is 6.09. The number of carbonyl (C=O) groups excluding carboxylic acids is 1. The van der Waals surface area contributed by atoms with Gasteiger partial charge < -0.3 is 14.8 Å². The summed E-state index contributed by atoms with van der Waals surface area (Å²) >= 11 is 0. The first-order chi connectivity index (χ1) is 17.6. The van der Waals surface area contributed by atoms with Gasteiger partial charge in [-0.25, -0.2) is 9.48 Å². The number of hydrogen-bond acceptors (Lipinski definition) is 2. The van der Waals surface area contributed by atoms with Crippen LogP contribution in [0.4, 0.5) is 4.79 Å². The molecule has 6 rings (SSSR count). The Kier molecular flexibility index (Phi) is 5.88. The van der Waals surface area contributed by atoms with E-state index in [0.717, 1.165) is 53.3 Å². The Bertz CT molecular complexity index is 1360. The van der Waals surface area contributed by atoms with Gasteiger partial charge in [-0.3, -0.25) is 0 Å². The maximum absolute atomic E-state index is 14.0. The number of nitrogens with zero attached hydrogens (tertiary/aromatic N) is 4. The Morgan fingerprint density at radius 2 is 1.75 bits per heavy atom. The number of hydrogen-bond donors (Lipinski definition) is 1. The van der Waals surface area contributed by atoms with Gasteiger partial charge in [0, 0.05) is 17.8 Å². The number of urea groups is 1. The number of rotatable bonds is 4. The fraction of sp³-hybridized carbons (Fsp3) is 0.333. The molecule has 2 amide bonds. The van der Waals surface area contributed by atoms with Crippen LogP contribution in [-0.2, 0) is 13.0 Å². The molecule has 1 aliphatic heterocycles. The zero-order valence-corrected chi connectivity index (χ0v) is 21.0. The first-order valence-corrected chi connectivity index (χ1v) is 13.1. The molecule has 3 heterocycles. The quantitative estimate of drug-likeness (QED) is 0.385. The number of carbonyl (C=O) groups is 1. The van der Waals surface area contributed by atoms with Crippen molar-refractivity contribution in [3.05, 3.63) is 101 Å². The van der Waals surface area contributed by atoms with E-state index in [-0.39, 0.29) is 18.1 Å². The zero-order valence-electron chi connectivity index (χ0n) is 21.0. The molecule has 2 aromatic heterocycles. The van der Waals surface area contributed by atoms with E-state index in [4.69, 9.17) is 5.10 Å². The van der Waals surface area contributed by atoms with E-state index in [1.54, 1.807) is 0 Å². The summed E-state index contributed by atoms with van der Waals surface area (Å²) in [6.45, 7) is 4.74. The number of aromatic nitrogens is 3. The summed E-state index contributed by atoms with van der Waals surface area (Å²) in [5.41, 5.74) is 6.54. The molecule has 1 N–H and O–H groups in total. The summed E-state index contributed by atoms with van der Waals surface area (Å²) in [5.74, 6) is 1.02. The number of fused-ring (bicyclic) bond motifs is 3. The highest BCUT2D eigenvalue weighted by Gasteiger charge is 2.37. The van der Waals surface area contributed by atoms with E-state index in [1.807, 2.05) is 27.8 Å². The SMILES string of the molecule is CCc1nn(-c2ccccc2)c2c1CN(C(=O)NC1CCCC1)C(c1ccc(C)cc1)c1cccn1-2. The summed E-state index contributed by atoms with van der Waals surface area (Å²) in [6, 6.07) is 23.1. The molecule has 184 valence electrons. The molecule has 0 bridgehead atoms. The average Bonchev–Trinajstić information content (AvgIpc) is 3.64. The zero-order chi connectivity index (χ0) is 24.6. The van der Waals surface area contributed by atoms with E-state index >= 15 is 0 Å². The van der Waals surface area contributed by atoms with Crippen LogP contribution < -0.4 is 5.32 Å². The lowest BCUT2D eigenvalue weighted by molar-refractivity contribution is 0.176. The van der Waals surface area contributed by atoms with E-state index in [0.29, 0.717) is 6.54 Å². The van der Waals surface area contributed by atoms with Crippen LogP contribution in [0, 0.1) is 6.92 Å². The molecule has 6 heteroatoms. The summed E-state index contributed by atoms with van der Waals surface area (Å²) in [6.07, 6.45) is 7.39. The molecular weight excluding hydrogens is 446 g/mol. The maximum atomic E-state index is 14.0. The standard InChI is InChI=1S/C30H33N5O/c1-3-26-25-20-34(30(36)31-23-10-7-8-11-23)28(22-17-15-21(2)16-18-22)27-14-9-19-33(27)29(25)35(32-26)24-12-5-4-6-13-24/h4-6,9,12-19,23,28H,3,7-8,10-11,20H2,1-2H3,(H,31,36). The van der Waals surface area contributed by atoms with E-state index < -0.39 is 0 Å². The van der Waals surface area contributed by atoms with Crippen LogP contribution >= 0.6 is 0 Å². The number of benzene rings is 2. The molecule has 4 aromatic rings. The monoisotopic (exact) mass is 479 g/mol. The van der Waals surface area contributed by atoms with Gasteiger partial charge in [0.1, 0.15) is 5.82 Å². The first kappa shape index (κ1) is 22.7. The van der Waals surface area contributed by atoms with Crippen LogP contribution in [0.3, 0.4) is 0 Å². The molecule has 0 saturated heterocycles. The van der Waals surface area contributed by atoms with E-state index in [1.165, 1.54) is 18.4 Å². The molecule has 6 nitrogen and oxygen atoms in total. The molecule has 1 saturated carbocycles. The minimum Gasteiger partial charge on any atom is -0.335 e. The van der Waals surface area contributed by atoms with Crippen molar-refractivity contribution in [2.24, 2.45) is 0 Å². The number of amides is 2. The summed E-state index contributed by atoms with van der Waals surface area (Å²) in [4.78, 5) is 16.0. The van der Waals surface area contributed by atoms with Gasteiger partial charge in [-0.2, -0.15) is 5.10 Å². The van der Waals surface area contributed by atoms with Crippen LogP contribution in [0.5, 0.6) is 0 Å². The minimum atomic E-state index is -0.205. The first-order valence-electron chi connectivity index (χ1n) is 13.1.